The molecule has 1 saturated heterocycles. The highest BCUT2D eigenvalue weighted by molar-refractivity contribution is 7.99. The molecule has 0 aliphatic carbocycles. The van der Waals surface area contributed by atoms with E-state index in [0.717, 1.165) is 12.2 Å². The van der Waals surface area contributed by atoms with Crippen LogP contribution in [0.15, 0.2) is 23.1 Å². The van der Waals surface area contributed by atoms with Crippen molar-refractivity contribution in [2.75, 3.05) is 23.7 Å². The number of likely N-dealkylation sites (tertiary alicyclic amines) is 1. The van der Waals surface area contributed by atoms with Gasteiger partial charge in [-0.25, -0.2) is 4.79 Å². The first kappa shape index (κ1) is 15.2. The predicted octanol–water partition coefficient (Wildman–Crippen LogP) is 3.86. The average molecular weight is 332 g/mol. The van der Waals surface area contributed by atoms with E-state index in [1.54, 1.807) is 4.90 Å². The minimum absolute atomic E-state index is 0.219. The van der Waals surface area contributed by atoms with Crippen LogP contribution in [0, 0.1) is 5.41 Å². The standard InChI is InChI=1S/C18H24N2O2S/c1-18(2,3)15-10-23-14-6-4-5-11-12-9-19(17(21)22)8-7-13(12)20(15)16(11)14/h4-6,12-13,15H,7-10H2,1-3H3,(H,21,22)/t12-,13-,15?/m0/s1. The summed E-state index contributed by atoms with van der Waals surface area (Å²) in [6.07, 6.45) is 0.152. The highest BCUT2D eigenvalue weighted by Gasteiger charge is 2.49. The van der Waals surface area contributed by atoms with Crippen LogP contribution in [-0.4, -0.2) is 47.0 Å². The topological polar surface area (TPSA) is 43.8 Å². The normalized spacial score (nSPS) is 29.3. The Morgan fingerprint density at radius 2 is 2.13 bits per heavy atom. The molecule has 1 unspecified atom stereocenters. The quantitative estimate of drug-likeness (QED) is 0.783. The summed E-state index contributed by atoms with van der Waals surface area (Å²) < 4.78 is 0. The molecule has 0 aromatic heterocycles. The van der Waals surface area contributed by atoms with Gasteiger partial charge in [-0.15, -0.1) is 11.8 Å². The fourth-order valence-electron chi connectivity index (χ4n) is 4.45. The van der Waals surface area contributed by atoms with Crippen LogP contribution in [0.25, 0.3) is 0 Å². The summed E-state index contributed by atoms with van der Waals surface area (Å²) in [6.45, 7) is 8.26. The summed E-state index contributed by atoms with van der Waals surface area (Å²) >= 11 is 1.96. The lowest BCUT2D eigenvalue weighted by atomic mass is 9.84. The summed E-state index contributed by atoms with van der Waals surface area (Å²) in [4.78, 5) is 17.0. The molecule has 4 nitrogen and oxygen atoms in total. The third-order valence-corrected chi connectivity index (χ3v) is 6.75. The second kappa shape index (κ2) is 5.07. The molecule has 0 saturated carbocycles. The first-order valence-electron chi connectivity index (χ1n) is 8.40. The molecule has 1 N–H and O–H groups in total. The van der Waals surface area contributed by atoms with Crippen LogP contribution < -0.4 is 4.90 Å². The minimum Gasteiger partial charge on any atom is -0.465 e. The molecule has 5 heteroatoms. The number of amides is 1. The van der Waals surface area contributed by atoms with E-state index in [9.17, 15) is 9.90 Å². The number of carboxylic acid groups (broad SMARTS) is 1. The van der Waals surface area contributed by atoms with Gasteiger partial charge in [0.05, 0.1) is 5.69 Å². The summed E-state index contributed by atoms with van der Waals surface area (Å²) in [7, 11) is 0. The van der Waals surface area contributed by atoms with Crippen LogP contribution in [0.4, 0.5) is 10.5 Å². The number of fused-ring (bicyclic) bond motifs is 3. The summed E-state index contributed by atoms with van der Waals surface area (Å²) in [6, 6.07) is 7.54. The van der Waals surface area contributed by atoms with Gasteiger partial charge in [-0.05, 0) is 23.5 Å². The van der Waals surface area contributed by atoms with E-state index in [0.29, 0.717) is 31.1 Å². The number of para-hydroxylation sites is 1. The van der Waals surface area contributed by atoms with Crippen molar-refractivity contribution in [3.63, 3.8) is 0 Å². The van der Waals surface area contributed by atoms with Crippen LogP contribution in [0.1, 0.15) is 38.7 Å². The predicted molar refractivity (Wildman–Crippen MR) is 93.6 cm³/mol. The minimum atomic E-state index is -0.781. The number of rotatable bonds is 0. The molecule has 1 aromatic rings. The van der Waals surface area contributed by atoms with E-state index in [1.165, 1.54) is 16.1 Å². The number of hydrogen-bond acceptors (Lipinski definition) is 3. The van der Waals surface area contributed by atoms with Gasteiger partial charge in [-0.3, -0.25) is 0 Å². The molecule has 1 fully saturated rings. The maximum absolute atomic E-state index is 11.4. The Bertz CT molecular complexity index is 655. The fourth-order valence-corrected chi connectivity index (χ4v) is 5.99. The van der Waals surface area contributed by atoms with E-state index in [-0.39, 0.29) is 5.41 Å². The number of hydrogen-bond donors (Lipinski definition) is 1. The van der Waals surface area contributed by atoms with Gasteiger partial charge in [-0.1, -0.05) is 32.9 Å². The summed E-state index contributed by atoms with van der Waals surface area (Å²) in [5.41, 5.74) is 2.97. The van der Waals surface area contributed by atoms with E-state index < -0.39 is 6.09 Å². The van der Waals surface area contributed by atoms with Gasteiger partial charge in [0.15, 0.2) is 0 Å². The lowest BCUT2D eigenvalue weighted by Gasteiger charge is -2.48. The Labute approximate surface area is 141 Å². The Morgan fingerprint density at radius 3 is 2.83 bits per heavy atom. The lowest BCUT2D eigenvalue weighted by Crippen LogP contribution is -2.55. The van der Waals surface area contributed by atoms with Crippen LogP contribution in [0.3, 0.4) is 0 Å². The van der Waals surface area contributed by atoms with Gasteiger partial charge in [-0.2, -0.15) is 0 Å². The molecule has 3 atom stereocenters. The monoisotopic (exact) mass is 332 g/mol. The number of benzene rings is 1. The first-order chi connectivity index (χ1) is 10.9. The molecule has 1 aromatic carbocycles. The summed E-state index contributed by atoms with van der Waals surface area (Å²) in [5, 5.41) is 9.39. The number of thioether (sulfide) groups is 1. The number of piperidine rings is 1. The highest BCUT2D eigenvalue weighted by Crippen LogP contribution is 2.54. The van der Waals surface area contributed by atoms with Crippen LogP contribution >= 0.6 is 11.8 Å². The van der Waals surface area contributed by atoms with Crippen molar-refractivity contribution in [3.05, 3.63) is 23.8 Å². The Morgan fingerprint density at radius 1 is 1.35 bits per heavy atom. The van der Waals surface area contributed by atoms with Crippen molar-refractivity contribution in [2.45, 2.75) is 50.1 Å². The summed E-state index contributed by atoms with van der Waals surface area (Å²) in [5.74, 6) is 1.43. The van der Waals surface area contributed by atoms with E-state index in [4.69, 9.17) is 0 Å². The molecule has 0 bridgehead atoms. The Balaban J connectivity index is 1.79. The van der Waals surface area contributed by atoms with Gasteiger partial charge < -0.3 is 14.9 Å². The number of anilines is 1. The molecule has 23 heavy (non-hydrogen) atoms. The second-order valence-electron chi connectivity index (χ2n) is 7.99. The maximum Gasteiger partial charge on any atom is 0.407 e. The van der Waals surface area contributed by atoms with Crippen molar-refractivity contribution >= 4 is 23.5 Å². The Kier molecular flexibility index (Phi) is 3.34. The molecule has 3 heterocycles. The molecule has 124 valence electrons. The van der Waals surface area contributed by atoms with E-state index >= 15 is 0 Å². The smallest absolute Gasteiger partial charge is 0.407 e. The van der Waals surface area contributed by atoms with Crippen LogP contribution in [0.5, 0.6) is 0 Å². The molecule has 1 amide bonds. The first-order valence-corrected chi connectivity index (χ1v) is 9.38. The molecule has 3 aliphatic rings. The maximum atomic E-state index is 11.4. The Hall–Kier alpha value is -1.36. The van der Waals surface area contributed by atoms with E-state index in [2.05, 4.69) is 43.9 Å². The highest BCUT2D eigenvalue weighted by atomic mass is 32.2. The fraction of sp³-hybridized carbons (Fsp3) is 0.611. The molecule has 0 radical (unpaired) electrons. The molecular weight excluding hydrogens is 308 g/mol. The average Bonchev–Trinajstić information content (AvgIpc) is 2.83. The van der Waals surface area contributed by atoms with E-state index in [1.807, 2.05) is 11.8 Å². The van der Waals surface area contributed by atoms with Crippen LogP contribution in [0.2, 0.25) is 0 Å². The number of carbonyl (C=O) groups is 1. The van der Waals surface area contributed by atoms with Crippen molar-refractivity contribution in [1.29, 1.82) is 0 Å². The van der Waals surface area contributed by atoms with Crippen molar-refractivity contribution in [3.8, 4) is 0 Å². The van der Waals surface area contributed by atoms with Crippen molar-refractivity contribution < 1.29 is 9.90 Å². The van der Waals surface area contributed by atoms with Gasteiger partial charge in [0, 0.05) is 41.7 Å². The van der Waals surface area contributed by atoms with Gasteiger partial charge in [0.1, 0.15) is 0 Å². The molecular formula is C18H24N2O2S. The number of nitrogens with zero attached hydrogens (tertiary/aromatic N) is 2. The molecule has 0 spiro atoms. The van der Waals surface area contributed by atoms with Gasteiger partial charge >= 0.3 is 6.09 Å². The van der Waals surface area contributed by atoms with Gasteiger partial charge in [0.25, 0.3) is 0 Å². The molecule has 4 rings (SSSR count). The zero-order chi connectivity index (χ0) is 16.4. The SMILES string of the molecule is CC(C)(C)C1CSc2cccc3c2N1[C@H]1CCN(C(=O)O)C[C@@H]31. The van der Waals surface area contributed by atoms with Crippen LogP contribution in [-0.2, 0) is 0 Å². The zero-order valence-electron chi connectivity index (χ0n) is 14.0. The lowest BCUT2D eigenvalue weighted by molar-refractivity contribution is 0.124. The largest absolute Gasteiger partial charge is 0.465 e. The van der Waals surface area contributed by atoms with Crippen molar-refractivity contribution in [2.24, 2.45) is 5.41 Å². The van der Waals surface area contributed by atoms with Crippen molar-refractivity contribution in [1.82, 2.24) is 4.90 Å². The van der Waals surface area contributed by atoms with Gasteiger partial charge in [0.2, 0.25) is 0 Å². The second-order valence-corrected chi connectivity index (χ2v) is 9.05. The zero-order valence-corrected chi connectivity index (χ0v) is 14.8. The molecule has 3 aliphatic heterocycles. The third-order valence-electron chi connectivity index (χ3n) is 5.62. The third kappa shape index (κ3) is 2.24.